The third-order valence-electron chi connectivity index (χ3n) is 4.48. The standard InChI is InChI=1S/C21H18FN3O8S/c1-13(20(26)24-15-6-9-18(22)19(11-15)25(28)29)33-21(27)14-4-7-17(8-5-14)34(30,31)23-12-16-3-2-10-32-16/h2-11,13,23H,12H2,1H3,(H,24,26). The number of hydrogen-bond donors (Lipinski definition) is 2. The second-order valence-electron chi connectivity index (χ2n) is 6.89. The highest BCUT2D eigenvalue weighted by Gasteiger charge is 2.22. The quantitative estimate of drug-likeness (QED) is 0.263. The number of nitro benzene ring substituents is 1. The molecule has 3 aromatic rings. The monoisotopic (exact) mass is 491 g/mol. The summed E-state index contributed by atoms with van der Waals surface area (Å²) in [5.41, 5.74) is -0.893. The van der Waals surface area contributed by atoms with Gasteiger partial charge in [-0.15, -0.1) is 0 Å². The minimum absolute atomic E-state index is 0.0120. The Kier molecular flexibility index (Phi) is 7.38. The van der Waals surface area contributed by atoms with E-state index in [1.807, 2.05) is 0 Å². The van der Waals surface area contributed by atoms with Gasteiger partial charge in [-0.05, 0) is 55.5 Å². The summed E-state index contributed by atoms with van der Waals surface area (Å²) in [6.07, 6.45) is 0.101. The molecule has 178 valence electrons. The maximum Gasteiger partial charge on any atom is 0.338 e. The zero-order valence-corrected chi connectivity index (χ0v) is 18.4. The topological polar surface area (TPSA) is 158 Å². The summed E-state index contributed by atoms with van der Waals surface area (Å²) in [5.74, 6) is -2.36. The Balaban J connectivity index is 1.60. The summed E-state index contributed by atoms with van der Waals surface area (Å²) in [4.78, 5) is 34.3. The first-order valence-corrected chi connectivity index (χ1v) is 11.1. The molecule has 1 amide bonds. The predicted molar refractivity (Wildman–Crippen MR) is 116 cm³/mol. The van der Waals surface area contributed by atoms with Crippen molar-refractivity contribution >= 4 is 33.3 Å². The number of carbonyl (C=O) groups is 2. The summed E-state index contributed by atoms with van der Waals surface area (Å²) in [6, 6.07) is 10.8. The second-order valence-corrected chi connectivity index (χ2v) is 8.66. The number of nitrogens with zero attached hydrogens (tertiary/aromatic N) is 1. The van der Waals surface area contributed by atoms with E-state index < -0.39 is 44.4 Å². The highest BCUT2D eigenvalue weighted by atomic mass is 32.2. The molecule has 0 aliphatic carbocycles. The number of ether oxygens (including phenoxy) is 1. The Morgan fingerprint density at radius 2 is 1.88 bits per heavy atom. The molecule has 1 unspecified atom stereocenters. The molecule has 0 aliphatic heterocycles. The van der Waals surface area contributed by atoms with E-state index in [0.717, 1.165) is 18.2 Å². The zero-order chi connectivity index (χ0) is 24.9. The van der Waals surface area contributed by atoms with Crippen LogP contribution in [0.4, 0.5) is 15.8 Å². The number of furan rings is 1. The highest BCUT2D eigenvalue weighted by Crippen LogP contribution is 2.22. The SMILES string of the molecule is CC(OC(=O)c1ccc(S(=O)(=O)NCc2ccco2)cc1)C(=O)Nc1ccc(F)c([N+](=O)[O-])c1. The maximum atomic E-state index is 13.4. The van der Waals surface area contributed by atoms with E-state index in [1.165, 1.54) is 37.5 Å². The molecule has 34 heavy (non-hydrogen) atoms. The maximum absolute atomic E-state index is 13.4. The van der Waals surface area contributed by atoms with Crippen LogP contribution in [0.5, 0.6) is 0 Å². The number of nitro groups is 1. The number of amides is 1. The molecule has 3 rings (SSSR count). The largest absolute Gasteiger partial charge is 0.468 e. The molecule has 0 bridgehead atoms. The molecule has 2 N–H and O–H groups in total. The van der Waals surface area contributed by atoms with Gasteiger partial charge in [0.15, 0.2) is 6.10 Å². The van der Waals surface area contributed by atoms with Crippen molar-refractivity contribution in [2.24, 2.45) is 0 Å². The first-order chi connectivity index (χ1) is 16.1. The average Bonchev–Trinajstić information content (AvgIpc) is 3.32. The van der Waals surface area contributed by atoms with Crippen molar-refractivity contribution in [1.29, 1.82) is 0 Å². The van der Waals surface area contributed by atoms with Crippen LogP contribution in [0.3, 0.4) is 0 Å². The van der Waals surface area contributed by atoms with E-state index in [9.17, 15) is 32.5 Å². The third-order valence-corrected chi connectivity index (χ3v) is 5.90. The van der Waals surface area contributed by atoms with Gasteiger partial charge in [-0.1, -0.05) is 0 Å². The number of esters is 1. The zero-order valence-electron chi connectivity index (χ0n) is 17.6. The molecule has 0 aliphatic rings. The van der Waals surface area contributed by atoms with Crippen molar-refractivity contribution in [1.82, 2.24) is 4.72 Å². The van der Waals surface area contributed by atoms with Gasteiger partial charge in [0.2, 0.25) is 15.8 Å². The Bertz CT molecular complexity index is 1310. The highest BCUT2D eigenvalue weighted by molar-refractivity contribution is 7.89. The summed E-state index contributed by atoms with van der Waals surface area (Å²) >= 11 is 0. The van der Waals surface area contributed by atoms with Crippen LogP contribution in [-0.4, -0.2) is 31.3 Å². The minimum Gasteiger partial charge on any atom is -0.468 e. The number of hydrogen-bond acceptors (Lipinski definition) is 8. The van der Waals surface area contributed by atoms with Crippen molar-refractivity contribution in [2.45, 2.75) is 24.5 Å². The fourth-order valence-electron chi connectivity index (χ4n) is 2.69. The van der Waals surface area contributed by atoms with Gasteiger partial charge >= 0.3 is 11.7 Å². The van der Waals surface area contributed by atoms with Gasteiger partial charge in [0.25, 0.3) is 5.91 Å². The molecule has 0 spiro atoms. The lowest BCUT2D eigenvalue weighted by Gasteiger charge is -2.14. The number of rotatable bonds is 9. The van der Waals surface area contributed by atoms with Crippen molar-refractivity contribution in [3.63, 3.8) is 0 Å². The smallest absolute Gasteiger partial charge is 0.338 e. The number of sulfonamides is 1. The Morgan fingerprint density at radius 3 is 2.50 bits per heavy atom. The summed E-state index contributed by atoms with van der Waals surface area (Å²) < 4.78 is 50.6. The van der Waals surface area contributed by atoms with Crippen LogP contribution in [0, 0.1) is 15.9 Å². The Morgan fingerprint density at radius 1 is 1.18 bits per heavy atom. The van der Waals surface area contributed by atoms with Crippen LogP contribution in [0.1, 0.15) is 23.0 Å². The lowest BCUT2D eigenvalue weighted by molar-refractivity contribution is -0.387. The number of benzene rings is 2. The van der Waals surface area contributed by atoms with E-state index in [-0.39, 0.29) is 22.7 Å². The van der Waals surface area contributed by atoms with E-state index in [2.05, 4.69) is 10.0 Å². The Hall–Kier alpha value is -4.10. The molecule has 11 nitrogen and oxygen atoms in total. The van der Waals surface area contributed by atoms with Gasteiger partial charge in [0.05, 0.1) is 28.2 Å². The predicted octanol–water partition coefficient (Wildman–Crippen LogP) is 2.99. The summed E-state index contributed by atoms with van der Waals surface area (Å²) in [5, 5.41) is 13.1. The van der Waals surface area contributed by atoms with Gasteiger partial charge < -0.3 is 14.5 Å². The molecule has 1 aromatic heterocycles. The Labute approximate surface area is 192 Å². The first kappa shape index (κ1) is 24.5. The molecule has 1 heterocycles. The van der Waals surface area contributed by atoms with Gasteiger partial charge in [0.1, 0.15) is 5.76 Å². The molecular weight excluding hydrogens is 473 g/mol. The van der Waals surface area contributed by atoms with Crippen LogP contribution < -0.4 is 10.0 Å². The summed E-state index contributed by atoms with van der Waals surface area (Å²) in [7, 11) is -3.86. The van der Waals surface area contributed by atoms with Gasteiger partial charge in [-0.3, -0.25) is 14.9 Å². The molecule has 0 saturated carbocycles. The fraction of sp³-hybridized carbons (Fsp3) is 0.143. The lowest BCUT2D eigenvalue weighted by atomic mass is 10.2. The van der Waals surface area contributed by atoms with Crippen molar-refractivity contribution in [3.05, 3.63) is 88.1 Å². The fourth-order valence-corrected chi connectivity index (χ4v) is 3.68. The van der Waals surface area contributed by atoms with Gasteiger partial charge in [0, 0.05) is 11.8 Å². The molecule has 0 radical (unpaired) electrons. The minimum atomic E-state index is -3.86. The van der Waals surface area contributed by atoms with Crippen LogP contribution >= 0.6 is 0 Å². The van der Waals surface area contributed by atoms with Gasteiger partial charge in [-0.2, -0.15) is 4.39 Å². The first-order valence-electron chi connectivity index (χ1n) is 9.65. The number of anilines is 1. The second kappa shape index (κ2) is 10.2. The van der Waals surface area contributed by atoms with Crippen molar-refractivity contribution in [3.8, 4) is 0 Å². The molecular formula is C21H18FN3O8S. The van der Waals surface area contributed by atoms with E-state index >= 15 is 0 Å². The number of halogens is 1. The van der Waals surface area contributed by atoms with Crippen molar-refractivity contribution < 1.29 is 36.5 Å². The number of nitrogens with one attached hydrogen (secondary N) is 2. The van der Waals surface area contributed by atoms with Crippen LogP contribution in [0.25, 0.3) is 0 Å². The lowest BCUT2D eigenvalue weighted by Crippen LogP contribution is -2.30. The number of carbonyl (C=O) groups excluding carboxylic acids is 2. The van der Waals surface area contributed by atoms with Crippen LogP contribution in [0.15, 0.2) is 70.2 Å². The molecule has 1 atom stereocenters. The molecule has 13 heteroatoms. The van der Waals surface area contributed by atoms with Crippen LogP contribution in [0.2, 0.25) is 0 Å². The third kappa shape index (κ3) is 6.02. The molecule has 0 saturated heterocycles. The van der Waals surface area contributed by atoms with E-state index in [0.29, 0.717) is 5.76 Å². The van der Waals surface area contributed by atoms with E-state index in [1.54, 1.807) is 12.1 Å². The molecule has 0 fully saturated rings. The normalized spacial score (nSPS) is 12.1. The van der Waals surface area contributed by atoms with Crippen molar-refractivity contribution in [2.75, 3.05) is 5.32 Å². The average molecular weight is 491 g/mol. The summed E-state index contributed by atoms with van der Waals surface area (Å²) in [6.45, 7) is 1.21. The molecule has 2 aromatic carbocycles. The van der Waals surface area contributed by atoms with E-state index in [4.69, 9.17) is 9.15 Å². The van der Waals surface area contributed by atoms with Crippen LogP contribution in [-0.2, 0) is 26.1 Å². The van der Waals surface area contributed by atoms with Gasteiger partial charge in [-0.25, -0.2) is 17.9 Å².